The molecular weight excluding hydrogens is 318 g/mol. The van der Waals surface area contributed by atoms with Gasteiger partial charge < -0.3 is 9.13 Å². The number of aryl methyl sites for hydroxylation is 1. The molecular formula is C23H21N3. The monoisotopic (exact) mass is 339 g/mol. The van der Waals surface area contributed by atoms with Gasteiger partial charge in [0.15, 0.2) is 0 Å². The molecule has 26 heavy (non-hydrogen) atoms. The Balaban J connectivity index is 1.53. The van der Waals surface area contributed by atoms with Gasteiger partial charge in [0.1, 0.15) is 0 Å². The summed E-state index contributed by atoms with van der Waals surface area (Å²) in [5.74, 6) is 0. The minimum absolute atomic E-state index is 0.823. The van der Waals surface area contributed by atoms with Crippen LogP contribution in [0.3, 0.4) is 0 Å². The van der Waals surface area contributed by atoms with Crippen molar-refractivity contribution >= 4 is 0 Å². The molecule has 0 bridgehead atoms. The van der Waals surface area contributed by atoms with Gasteiger partial charge in [0, 0.05) is 36.6 Å². The van der Waals surface area contributed by atoms with Crippen LogP contribution in [0.25, 0.3) is 5.69 Å². The van der Waals surface area contributed by atoms with Gasteiger partial charge in [0.25, 0.3) is 0 Å². The molecule has 0 radical (unpaired) electrons. The van der Waals surface area contributed by atoms with Crippen molar-refractivity contribution in [2.75, 3.05) is 0 Å². The first-order valence-corrected chi connectivity index (χ1v) is 8.81. The van der Waals surface area contributed by atoms with Gasteiger partial charge in [-0.25, -0.2) is 0 Å². The van der Waals surface area contributed by atoms with Gasteiger partial charge in [-0.1, -0.05) is 60.7 Å². The third-order valence-corrected chi connectivity index (χ3v) is 4.37. The molecule has 2 heterocycles. The Morgan fingerprint density at radius 1 is 0.846 bits per heavy atom. The van der Waals surface area contributed by atoms with E-state index in [-0.39, 0.29) is 0 Å². The highest BCUT2D eigenvalue weighted by atomic mass is 15.1. The van der Waals surface area contributed by atoms with Crippen LogP contribution in [0.4, 0.5) is 0 Å². The summed E-state index contributed by atoms with van der Waals surface area (Å²) in [4.78, 5) is 4.85. The second-order valence-corrected chi connectivity index (χ2v) is 6.51. The maximum Gasteiger partial charge on any atom is 0.243 e. The van der Waals surface area contributed by atoms with E-state index in [2.05, 4.69) is 73.1 Å². The van der Waals surface area contributed by atoms with E-state index >= 15 is 0 Å². The molecule has 4 aromatic rings. The van der Waals surface area contributed by atoms with E-state index in [1.165, 1.54) is 11.1 Å². The van der Waals surface area contributed by atoms with Gasteiger partial charge in [0.05, 0.1) is 12.7 Å². The maximum atomic E-state index is 4.85. The number of hydrogen-bond acceptors (Lipinski definition) is 1. The van der Waals surface area contributed by atoms with Gasteiger partial charge >= 0.3 is 0 Å². The second-order valence-electron chi connectivity index (χ2n) is 6.51. The summed E-state index contributed by atoms with van der Waals surface area (Å²) in [6.45, 7) is 0. The lowest BCUT2D eigenvalue weighted by atomic mass is 10.1. The maximum absolute atomic E-state index is 4.85. The molecule has 4 rings (SSSR count). The predicted molar refractivity (Wildman–Crippen MR) is 102 cm³/mol. The highest BCUT2D eigenvalue weighted by Crippen LogP contribution is 2.14. The Morgan fingerprint density at radius 3 is 2.27 bits per heavy atom. The normalized spacial score (nSPS) is 10.8. The summed E-state index contributed by atoms with van der Waals surface area (Å²) in [5.41, 5.74) is 5.85. The average molecular weight is 339 g/mol. The zero-order valence-corrected chi connectivity index (χ0v) is 14.8. The zero-order valence-electron chi connectivity index (χ0n) is 14.8. The first kappa shape index (κ1) is 16.3. The van der Waals surface area contributed by atoms with Crippen molar-refractivity contribution in [3.63, 3.8) is 0 Å². The standard InChI is InChI=1S/C23H21N3/c1-25-13-14-26(18-25)23-12-5-9-20(17-23)16-22-11-6-10-21(24-22)15-19-7-3-2-4-8-19/h2-14,17H,15-16H2,1H3. The molecule has 2 aromatic heterocycles. The topological polar surface area (TPSA) is 21.7 Å². The molecule has 0 aliphatic carbocycles. The molecule has 0 amide bonds. The van der Waals surface area contributed by atoms with Crippen molar-refractivity contribution in [2.24, 2.45) is 7.05 Å². The Morgan fingerprint density at radius 2 is 1.54 bits per heavy atom. The molecule has 0 N–H and O–H groups in total. The lowest BCUT2D eigenvalue weighted by Crippen LogP contribution is -2.24. The van der Waals surface area contributed by atoms with E-state index in [0.29, 0.717) is 0 Å². The van der Waals surface area contributed by atoms with Crippen LogP contribution in [0.2, 0.25) is 0 Å². The summed E-state index contributed by atoms with van der Waals surface area (Å²) >= 11 is 0. The first-order valence-electron chi connectivity index (χ1n) is 8.81. The van der Waals surface area contributed by atoms with Crippen molar-refractivity contribution in [3.8, 4) is 5.69 Å². The molecule has 0 saturated heterocycles. The summed E-state index contributed by atoms with van der Waals surface area (Å²) in [7, 11) is 1.97. The molecule has 0 atom stereocenters. The average Bonchev–Trinajstić information content (AvgIpc) is 3.10. The van der Waals surface area contributed by atoms with E-state index in [9.17, 15) is 0 Å². The van der Waals surface area contributed by atoms with Gasteiger partial charge in [-0.3, -0.25) is 4.98 Å². The van der Waals surface area contributed by atoms with Crippen LogP contribution in [0.5, 0.6) is 0 Å². The van der Waals surface area contributed by atoms with E-state index in [1.807, 2.05) is 34.6 Å². The molecule has 0 fully saturated rings. The SMILES string of the molecule is C[n+]1[c-]n(-c2cccc(Cc3cccc(Cc4ccccc4)n3)c2)cc1. The van der Waals surface area contributed by atoms with Crippen molar-refractivity contribution in [2.45, 2.75) is 12.8 Å². The van der Waals surface area contributed by atoms with Crippen LogP contribution in [0.15, 0.2) is 85.2 Å². The Labute approximate surface area is 154 Å². The number of pyridine rings is 1. The van der Waals surface area contributed by atoms with Gasteiger partial charge in [-0.2, -0.15) is 0 Å². The molecule has 128 valence electrons. The molecule has 3 heteroatoms. The fourth-order valence-electron chi connectivity index (χ4n) is 3.10. The molecule has 0 unspecified atom stereocenters. The van der Waals surface area contributed by atoms with Gasteiger partial charge in [0.2, 0.25) is 6.33 Å². The fourth-order valence-corrected chi connectivity index (χ4v) is 3.10. The summed E-state index contributed by atoms with van der Waals surface area (Å²) < 4.78 is 3.92. The van der Waals surface area contributed by atoms with Gasteiger partial charge in [-0.15, -0.1) is 0 Å². The summed E-state index contributed by atoms with van der Waals surface area (Å²) in [6, 6.07) is 25.3. The summed E-state index contributed by atoms with van der Waals surface area (Å²) in [6.07, 6.45) is 8.92. The minimum atomic E-state index is 0.823. The van der Waals surface area contributed by atoms with Crippen LogP contribution >= 0.6 is 0 Å². The lowest BCUT2D eigenvalue weighted by Gasteiger charge is -2.08. The molecule has 0 aliphatic rings. The van der Waals surface area contributed by atoms with E-state index < -0.39 is 0 Å². The molecule has 3 nitrogen and oxygen atoms in total. The Hall–Kier alpha value is -3.20. The summed E-state index contributed by atoms with van der Waals surface area (Å²) in [5, 5.41) is 0. The van der Waals surface area contributed by atoms with Gasteiger partial charge in [-0.05, 0) is 23.3 Å². The third kappa shape index (κ3) is 3.89. The molecule has 0 saturated carbocycles. The number of benzene rings is 2. The first-order chi connectivity index (χ1) is 12.8. The molecule has 0 spiro atoms. The van der Waals surface area contributed by atoms with E-state index in [4.69, 9.17) is 4.98 Å². The zero-order chi connectivity index (χ0) is 17.8. The molecule has 2 aromatic carbocycles. The molecule has 0 aliphatic heterocycles. The van der Waals surface area contributed by atoms with Crippen LogP contribution in [0, 0.1) is 6.33 Å². The number of aromatic nitrogens is 3. The highest BCUT2D eigenvalue weighted by molar-refractivity contribution is 5.37. The van der Waals surface area contributed by atoms with Crippen LogP contribution in [-0.4, -0.2) is 9.55 Å². The van der Waals surface area contributed by atoms with Crippen LogP contribution < -0.4 is 4.57 Å². The quantitative estimate of drug-likeness (QED) is 0.401. The number of nitrogens with zero attached hydrogens (tertiary/aromatic N) is 3. The fraction of sp³-hybridized carbons (Fsp3) is 0.130. The van der Waals surface area contributed by atoms with E-state index in [0.717, 1.165) is 29.9 Å². The predicted octanol–water partition coefficient (Wildman–Crippen LogP) is 3.68. The Kier molecular flexibility index (Phi) is 4.61. The van der Waals surface area contributed by atoms with Crippen molar-refractivity contribution in [1.82, 2.24) is 9.55 Å². The van der Waals surface area contributed by atoms with Crippen LogP contribution in [-0.2, 0) is 19.9 Å². The van der Waals surface area contributed by atoms with E-state index in [1.54, 1.807) is 0 Å². The largest absolute Gasteiger partial charge is 0.326 e. The lowest BCUT2D eigenvalue weighted by molar-refractivity contribution is -0.674. The third-order valence-electron chi connectivity index (χ3n) is 4.37. The van der Waals surface area contributed by atoms with Crippen molar-refractivity contribution in [3.05, 3.63) is 114 Å². The second kappa shape index (κ2) is 7.36. The smallest absolute Gasteiger partial charge is 0.243 e. The van der Waals surface area contributed by atoms with Crippen molar-refractivity contribution in [1.29, 1.82) is 0 Å². The van der Waals surface area contributed by atoms with Crippen LogP contribution in [0.1, 0.15) is 22.5 Å². The number of rotatable bonds is 5. The number of imidazole rings is 1. The highest BCUT2D eigenvalue weighted by Gasteiger charge is 2.03. The number of hydrogen-bond donors (Lipinski definition) is 0. The minimum Gasteiger partial charge on any atom is -0.326 e. The Bertz CT molecular complexity index is 1000. The van der Waals surface area contributed by atoms with Crippen molar-refractivity contribution < 1.29 is 4.57 Å².